The molecule has 1 aliphatic heterocycles. The van der Waals surface area contributed by atoms with Crippen LogP contribution >= 0.6 is 0 Å². The lowest BCUT2D eigenvalue weighted by molar-refractivity contribution is 0.122. The lowest BCUT2D eigenvalue weighted by Gasteiger charge is -2.30. The first kappa shape index (κ1) is 12.8. The molecule has 1 fully saturated rings. The van der Waals surface area contributed by atoms with Gasteiger partial charge in [-0.15, -0.1) is 0 Å². The SMILES string of the molecule is O=C(O)N1CCN(C#CC#Cc2ccncc2)CC1. The number of carbonyl (C=O) groups is 1. The fraction of sp³-hybridized carbons (Fsp3) is 0.286. The molecule has 0 spiro atoms. The molecule has 5 heteroatoms. The molecule has 1 aliphatic rings. The van der Waals surface area contributed by atoms with Gasteiger partial charge in [0.15, 0.2) is 0 Å². The monoisotopic (exact) mass is 255 g/mol. The molecule has 2 heterocycles. The second-order valence-electron chi connectivity index (χ2n) is 3.98. The maximum absolute atomic E-state index is 10.7. The number of pyridine rings is 1. The van der Waals surface area contributed by atoms with Crippen LogP contribution in [0.25, 0.3) is 0 Å². The van der Waals surface area contributed by atoms with Crippen LogP contribution in [-0.2, 0) is 0 Å². The van der Waals surface area contributed by atoms with E-state index in [4.69, 9.17) is 5.11 Å². The van der Waals surface area contributed by atoms with Crippen molar-refractivity contribution in [1.82, 2.24) is 14.8 Å². The van der Waals surface area contributed by atoms with Crippen molar-refractivity contribution in [3.8, 4) is 23.8 Å². The maximum atomic E-state index is 10.7. The molecule has 5 nitrogen and oxygen atoms in total. The van der Waals surface area contributed by atoms with Crippen LogP contribution in [0.15, 0.2) is 24.5 Å². The van der Waals surface area contributed by atoms with Gasteiger partial charge in [-0.05, 0) is 18.1 Å². The highest BCUT2D eigenvalue weighted by Crippen LogP contribution is 2.00. The van der Waals surface area contributed by atoms with Crippen LogP contribution in [0.3, 0.4) is 0 Å². The van der Waals surface area contributed by atoms with Crippen molar-refractivity contribution in [3.63, 3.8) is 0 Å². The third-order valence-corrected chi connectivity index (χ3v) is 2.71. The number of aromatic nitrogens is 1. The van der Waals surface area contributed by atoms with Crippen molar-refractivity contribution >= 4 is 6.09 Å². The van der Waals surface area contributed by atoms with E-state index in [9.17, 15) is 4.79 Å². The number of hydrogen-bond acceptors (Lipinski definition) is 3. The summed E-state index contributed by atoms with van der Waals surface area (Å²) in [6.45, 7) is 2.22. The molecule has 1 saturated heterocycles. The number of carboxylic acid groups (broad SMARTS) is 1. The van der Waals surface area contributed by atoms with Gasteiger partial charge in [0.1, 0.15) is 0 Å². The van der Waals surface area contributed by atoms with E-state index in [0.29, 0.717) is 26.2 Å². The Morgan fingerprint density at radius 1 is 1.16 bits per heavy atom. The summed E-state index contributed by atoms with van der Waals surface area (Å²) in [6.07, 6.45) is 2.50. The van der Waals surface area contributed by atoms with Crippen molar-refractivity contribution in [2.75, 3.05) is 26.2 Å². The smallest absolute Gasteiger partial charge is 0.407 e. The Morgan fingerprint density at radius 2 is 1.84 bits per heavy atom. The predicted octanol–water partition coefficient (Wildman–Crippen LogP) is 0.690. The van der Waals surface area contributed by atoms with E-state index >= 15 is 0 Å². The maximum Gasteiger partial charge on any atom is 0.407 e. The normalized spacial score (nSPS) is 13.9. The van der Waals surface area contributed by atoms with E-state index < -0.39 is 6.09 Å². The number of nitrogens with zero attached hydrogens (tertiary/aromatic N) is 3. The van der Waals surface area contributed by atoms with Gasteiger partial charge in [-0.25, -0.2) is 4.79 Å². The minimum atomic E-state index is -0.870. The third-order valence-electron chi connectivity index (χ3n) is 2.71. The standard InChI is InChI=1S/C14H13N3O2/c18-14(19)17-11-9-16(10-12-17)8-2-1-3-13-4-6-15-7-5-13/h4-7H,9-12H2,(H,18,19). The lowest BCUT2D eigenvalue weighted by Crippen LogP contribution is -2.46. The second-order valence-corrected chi connectivity index (χ2v) is 3.98. The Morgan fingerprint density at radius 3 is 2.47 bits per heavy atom. The van der Waals surface area contributed by atoms with Gasteiger partial charge in [-0.2, -0.15) is 0 Å². The van der Waals surface area contributed by atoms with Crippen LogP contribution in [0.4, 0.5) is 4.79 Å². The van der Waals surface area contributed by atoms with Crippen molar-refractivity contribution in [3.05, 3.63) is 30.1 Å². The van der Waals surface area contributed by atoms with Gasteiger partial charge in [0.05, 0.1) is 0 Å². The molecule has 0 saturated carbocycles. The van der Waals surface area contributed by atoms with Crippen molar-refractivity contribution < 1.29 is 9.90 Å². The van der Waals surface area contributed by atoms with Crippen LogP contribution in [0.1, 0.15) is 5.56 Å². The summed E-state index contributed by atoms with van der Waals surface area (Å²) in [7, 11) is 0. The van der Waals surface area contributed by atoms with Gasteiger partial charge in [0.2, 0.25) is 0 Å². The van der Waals surface area contributed by atoms with E-state index in [0.717, 1.165) is 5.56 Å². The largest absolute Gasteiger partial charge is 0.465 e. The van der Waals surface area contributed by atoms with Crippen molar-refractivity contribution in [1.29, 1.82) is 0 Å². The van der Waals surface area contributed by atoms with Gasteiger partial charge in [0, 0.05) is 56.1 Å². The van der Waals surface area contributed by atoms with Crippen LogP contribution in [0.5, 0.6) is 0 Å². The Hall–Kier alpha value is -2.66. The molecule has 1 amide bonds. The Balaban J connectivity index is 1.86. The van der Waals surface area contributed by atoms with E-state index in [1.54, 1.807) is 12.4 Å². The van der Waals surface area contributed by atoms with Crippen LogP contribution in [0.2, 0.25) is 0 Å². The van der Waals surface area contributed by atoms with Gasteiger partial charge in [0.25, 0.3) is 0 Å². The molecule has 1 N–H and O–H groups in total. The highest BCUT2D eigenvalue weighted by Gasteiger charge is 2.18. The predicted molar refractivity (Wildman–Crippen MR) is 70.1 cm³/mol. The molecule has 1 aromatic heterocycles. The summed E-state index contributed by atoms with van der Waals surface area (Å²) in [6, 6.07) is 6.57. The molecule has 1 aromatic rings. The highest BCUT2D eigenvalue weighted by atomic mass is 16.4. The fourth-order valence-corrected chi connectivity index (χ4v) is 1.66. The van der Waals surface area contributed by atoms with E-state index in [-0.39, 0.29) is 0 Å². The fourth-order valence-electron chi connectivity index (χ4n) is 1.66. The van der Waals surface area contributed by atoms with Crippen LogP contribution in [-0.4, -0.2) is 52.2 Å². The number of amides is 1. The number of hydrogen-bond donors (Lipinski definition) is 1. The Kier molecular flexibility index (Phi) is 4.25. The first-order valence-electron chi connectivity index (χ1n) is 5.90. The minimum Gasteiger partial charge on any atom is -0.465 e. The van der Waals surface area contributed by atoms with E-state index in [1.165, 1.54) is 4.90 Å². The van der Waals surface area contributed by atoms with E-state index in [1.807, 2.05) is 17.0 Å². The summed E-state index contributed by atoms with van der Waals surface area (Å²) in [5, 5.41) is 8.81. The molecular formula is C14H13N3O2. The lowest BCUT2D eigenvalue weighted by atomic mass is 10.3. The summed E-state index contributed by atoms with van der Waals surface area (Å²) in [5.74, 6) is 8.46. The summed E-state index contributed by atoms with van der Waals surface area (Å²) < 4.78 is 0. The van der Waals surface area contributed by atoms with Gasteiger partial charge in [-0.1, -0.05) is 5.92 Å². The second kappa shape index (κ2) is 6.32. The molecule has 0 aliphatic carbocycles. The first-order chi connectivity index (χ1) is 9.25. The molecular weight excluding hydrogens is 242 g/mol. The Labute approximate surface area is 111 Å². The highest BCUT2D eigenvalue weighted by molar-refractivity contribution is 5.65. The zero-order valence-electron chi connectivity index (χ0n) is 10.3. The number of piperazine rings is 1. The zero-order chi connectivity index (χ0) is 13.5. The van der Waals surface area contributed by atoms with E-state index in [2.05, 4.69) is 28.8 Å². The summed E-state index contributed by atoms with van der Waals surface area (Å²) in [4.78, 5) is 17.9. The van der Waals surface area contributed by atoms with Crippen molar-refractivity contribution in [2.45, 2.75) is 0 Å². The molecule has 96 valence electrons. The molecule has 2 rings (SSSR count). The molecule has 0 radical (unpaired) electrons. The van der Waals surface area contributed by atoms with Crippen molar-refractivity contribution in [2.24, 2.45) is 0 Å². The Bertz CT molecular complexity index is 555. The number of rotatable bonds is 0. The molecule has 0 aromatic carbocycles. The molecule has 0 unspecified atom stereocenters. The molecule has 0 atom stereocenters. The molecule has 0 bridgehead atoms. The van der Waals surface area contributed by atoms with Crippen LogP contribution in [0, 0.1) is 23.8 Å². The average Bonchev–Trinajstić information content (AvgIpc) is 2.45. The van der Waals surface area contributed by atoms with Crippen LogP contribution < -0.4 is 0 Å². The van der Waals surface area contributed by atoms with Gasteiger partial charge >= 0.3 is 6.09 Å². The summed E-state index contributed by atoms with van der Waals surface area (Å²) in [5.41, 5.74) is 0.875. The quantitative estimate of drug-likeness (QED) is 0.693. The average molecular weight is 255 g/mol. The molecule has 19 heavy (non-hydrogen) atoms. The third kappa shape index (κ3) is 3.93. The minimum absolute atomic E-state index is 0.488. The topological polar surface area (TPSA) is 56.7 Å². The summed E-state index contributed by atoms with van der Waals surface area (Å²) >= 11 is 0. The first-order valence-corrected chi connectivity index (χ1v) is 5.90. The zero-order valence-corrected chi connectivity index (χ0v) is 10.3. The van der Waals surface area contributed by atoms with Gasteiger partial charge in [-0.3, -0.25) is 4.98 Å². The van der Waals surface area contributed by atoms with Gasteiger partial charge < -0.3 is 14.9 Å².